The van der Waals surface area contributed by atoms with Crippen LogP contribution in [0.15, 0.2) is 72.8 Å². The largest absolute Gasteiger partial charge is 0.454 e. The molecule has 0 atom stereocenters. The molecule has 180 valence electrons. The Balaban J connectivity index is 1.10. The van der Waals surface area contributed by atoms with Gasteiger partial charge in [0.2, 0.25) is 18.6 Å². The van der Waals surface area contributed by atoms with E-state index in [-0.39, 0.29) is 24.5 Å². The van der Waals surface area contributed by atoms with Crippen molar-refractivity contribution in [2.45, 2.75) is 19.3 Å². The number of carbonyl (C=O) groups is 2. The van der Waals surface area contributed by atoms with E-state index in [0.29, 0.717) is 49.7 Å². The Labute approximate surface area is 205 Å². The summed E-state index contributed by atoms with van der Waals surface area (Å²) in [4.78, 5) is 27.6. The van der Waals surface area contributed by atoms with Crippen LogP contribution < -0.4 is 20.1 Å². The highest BCUT2D eigenvalue weighted by Gasteiger charge is 2.26. The Morgan fingerprint density at radius 1 is 0.857 bits per heavy atom. The lowest BCUT2D eigenvalue weighted by Gasteiger charge is -2.30. The standard InChI is InChI=1S/C28H29N3O4/c32-27(30-24-9-5-4-8-22(24)16-20-6-2-1-3-7-20)18-31-14-12-21(13-15-31)28(33)29-23-10-11-25-26(17-23)35-19-34-25/h1-11,17,21H,12-16,18-19H2,(H,29,33)(H,30,32). The summed E-state index contributed by atoms with van der Waals surface area (Å²) >= 11 is 0. The minimum Gasteiger partial charge on any atom is -0.454 e. The molecular formula is C28H29N3O4. The maximum atomic E-state index is 12.8. The molecule has 3 aromatic rings. The summed E-state index contributed by atoms with van der Waals surface area (Å²) in [7, 11) is 0. The number of nitrogens with zero attached hydrogens (tertiary/aromatic N) is 1. The molecule has 0 aliphatic carbocycles. The van der Waals surface area contributed by atoms with Crippen LogP contribution >= 0.6 is 0 Å². The summed E-state index contributed by atoms with van der Waals surface area (Å²) < 4.78 is 10.7. The number of piperidine rings is 1. The fraction of sp³-hybridized carbons (Fsp3) is 0.286. The van der Waals surface area contributed by atoms with Crippen molar-refractivity contribution >= 4 is 23.2 Å². The zero-order valence-electron chi connectivity index (χ0n) is 19.5. The van der Waals surface area contributed by atoms with E-state index in [2.05, 4.69) is 27.7 Å². The highest BCUT2D eigenvalue weighted by molar-refractivity contribution is 5.94. The van der Waals surface area contributed by atoms with Crippen molar-refractivity contribution in [2.24, 2.45) is 5.92 Å². The summed E-state index contributed by atoms with van der Waals surface area (Å²) in [6.45, 7) is 1.93. The molecular weight excluding hydrogens is 442 g/mol. The van der Waals surface area contributed by atoms with Gasteiger partial charge in [-0.3, -0.25) is 14.5 Å². The smallest absolute Gasteiger partial charge is 0.238 e. The fourth-order valence-corrected chi connectivity index (χ4v) is 4.58. The first-order chi connectivity index (χ1) is 17.1. The van der Waals surface area contributed by atoms with Gasteiger partial charge in [0.15, 0.2) is 11.5 Å². The van der Waals surface area contributed by atoms with Crippen LogP contribution in [0.25, 0.3) is 0 Å². The van der Waals surface area contributed by atoms with E-state index < -0.39 is 0 Å². The van der Waals surface area contributed by atoms with Gasteiger partial charge in [0.05, 0.1) is 6.54 Å². The minimum atomic E-state index is -0.0775. The van der Waals surface area contributed by atoms with E-state index >= 15 is 0 Å². The molecule has 1 fully saturated rings. The molecule has 2 N–H and O–H groups in total. The van der Waals surface area contributed by atoms with Crippen LogP contribution in [-0.2, 0) is 16.0 Å². The number of rotatable bonds is 7. The number of hydrogen-bond acceptors (Lipinski definition) is 5. The van der Waals surface area contributed by atoms with E-state index in [9.17, 15) is 9.59 Å². The molecule has 0 radical (unpaired) electrons. The van der Waals surface area contributed by atoms with Crippen LogP contribution in [0.3, 0.4) is 0 Å². The third-order valence-electron chi connectivity index (χ3n) is 6.49. The van der Waals surface area contributed by atoms with Crippen molar-refractivity contribution in [1.29, 1.82) is 0 Å². The predicted octanol–water partition coefficient (Wildman–Crippen LogP) is 4.30. The first-order valence-electron chi connectivity index (χ1n) is 12.0. The van der Waals surface area contributed by atoms with Gasteiger partial charge < -0.3 is 20.1 Å². The van der Waals surface area contributed by atoms with Crippen LogP contribution in [0.5, 0.6) is 11.5 Å². The molecule has 2 amide bonds. The number of anilines is 2. The summed E-state index contributed by atoms with van der Waals surface area (Å²) in [6, 6.07) is 23.6. The Morgan fingerprint density at radius 2 is 1.60 bits per heavy atom. The Hall–Kier alpha value is -3.84. The number of hydrogen-bond donors (Lipinski definition) is 2. The Kier molecular flexibility index (Phi) is 6.95. The molecule has 0 spiro atoms. The second-order valence-electron chi connectivity index (χ2n) is 8.98. The van der Waals surface area contributed by atoms with Crippen molar-refractivity contribution in [2.75, 3.05) is 37.1 Å². The van der Waals surface area contributed by atoms with Crippen LogP contribution in [0, 0.1) is 5.92 Å². The van der Waals surface area contributed by atoms with Gasteiger partial charge in [-0.05, 0) is 61.7 Å². The summed E-state index contributed by atoms with van der Waals surface area (Å²) in [5, 5.41) is 6.07. The number of nitrogens with one attached hydrogen (secondary N) is 2. The third-order valence-corrected chi connectivity index (χ3v) is 6.49. The second kappa shape index (κ2) is 10.6. The van der Waals surface area contributed by atoms with Gasteiger partial charge in [-0.2, -0.15) is 0 Å². The highest BCUT2D eigenvalue weighted by atomic mass is 16.7. The molecule has 0 bridgehead atoms. The maximum absolute atomic E-state index is 12.8. The lowest BCUT2D eigenvalue weighted by Crippen LogP contribution is -2.41. The number of benzene rings is 3. The van der Waals surface area contributed by atoms with Crippen molar-refractivity contribution in [3.05, 3.63) is 83.9 Å². The van der Waals surface area contributed by atoms with Crippen molar-refractivity contribution in [1.82, 2.24) is 4.90 Å². The lowest BCUT2D eigenvalue weighted by atomic mass is 9.95. The molecule has 1 saturated heterocycles. The quantitative estimate of drug-likeness (QED) is 0.537. The molecule has 7 heteroatoms. The fourth-order valence-electron chi connectivity index (χ4n) is 4.58. The predicted molar refractivity (Wildman–Crippen MR) is 135 cm³/mol. The van der Waals surface area contributed by atoms with Crippen LogP contribution in [-0.4, -0.2) is 43.1 Å². The molecule has 0 aromatic heterocycles. The summed E-state index contributed by atoms with van der Waals surface area (Å²) in [5.74, 6) is 1.23. The number of amides is 2. The first-order valence-corrected chi connectivity index (χ1v) is 12.0. The SMILES string of the molecule is O=C(CN1CCC(C(=O)Nc2ccc3c(c2)OCO3)CC1)Nc1ccccc1Cc1ccccc1. The van der Waals surface area contributed by atoms with Gasteiger partial charge in [0.25, 0.3) is 0 Å². The van der Waals surface area contributed by atoms with Crippen LogP contribution in [0.1, 0.15) is 24.0 Å². The van der Waals surface area contributed by atoms with Gasteiger partial charge in [-0.15, -0.1) is 0 Å². The van der Waals surface area contributed by atoms with E-state index in [1.165, 1.54) is 5.56 Å². The van der Waals surface area contributed by atoms with Crippen LogP contribution in [0.4, 0.5) is 11.4 Å². The number of carbonyl (C=O) groups excluding carboxylic acids is 2. The highest BCUT2D eigenvalue weighted by Crippen LogP contribution is 2.34. The van der Waals surface area contributed by atoms with Crippen molar-refractivity contribution < 1.29 is 19.1 Å². The molecule has 2 aliphatic rings. The van der Waals surface area contributed by atoms with Crippen molar-refractivity contribution in [3.8, 4) is 11.5 Å². The van der Waals surface area contributed by atoms with Gasteiger partial charge in [0.1, 0.15) is 0 Å². The van der Waals surface area contributed by atoms with E-state index in [4.69, 9.17) is 9.47 Å². The van der Waals surface area contributed by atoms with Gasteiger partial charge in [-0.1, -0.05) is 48.5 Å². The Bertz CT molecular complexity index is 1190. The normalized spacial score (nSPS) is 15.5. The van der Waals surface area contributed by atoms with E-state index in [1.807, 2.05) is 48.5 Å². The topological polar surface area (TPSA) is 79.9 Å². The molecule has 0 saturated carbocycles. The summed E-state index contributed by atoms with van der Waals surface area (Å²) in [5.41, 5.74) is 3.84. The molecule has 2 aliphatic heterocycles. The maximum Gasteiger partial charge on any atom is 0.238 e. The molecule has 2 heterocycles. The van der Waals surface area contributed by atoms with E-state index in [0.717, 1.165) is 17.7 Å². The van der Waals surface area contributed by atoms with E-state index in [1.54, 1.807) is 12.1 Å². The van der Waals surface area contributed by atoms with Gasteiger partial charge in [-0.25, -0.2) is 0 Å². The number of likely N-dealkylation sites (tertiary alicyclic amines) is 1. The summed E-state index contributed by atoms with van der Waals surface area (Å²) in [6.07, 6.45) is 2.20. The van der Waals surface area contributed by atoms with Crippen molar-refractivity contribution in [3.63, 3.8) is 0 Å². The number of ether oxygens (including phenoxy) is 2. The zero-order valence-corrected chi connectivity index (χ0v) is 19.5. The number of para-hydroxylation sites is 1. The molecule has 3 aromatic carbocycles. The second-order valence-corrected chi connectivity index (χ2v) is 8.98. The molecule has 5 rings (SSSR count). The number of fused-ring (bicyclic) bond motifs is 1. The average molecular weight is 472 g/mol. The molecule has 0 unspecified atom stereocenters. The molecule has 7 nitrogen and oxygen atoms in total. The average Bonchev–Trinajstić information content (AvgIpc) is 3.34. The zero-order chi connectivity index (χ0) is 24.0. The van der Waals surface area contributed by atoms with Gasteiger partial charge in [0, 0.05) is 23.4 Å². The Morgan fingerprint density at radius 3 is 2.43 bits per heavy atom. The van der Waals surface area contributed by atoms with Crippen LogP contribution in [0.2, 0.25) is 0 Å². The third kappa shape index (κ3) is 5.81. The lowest BCUT2D eigenvalue weighted by molar-refractivity contribution is -0.121. The molecule has 35 heavy (non-hydrogen) atoms. The van der Waals surface area contributed by atoms with Gasteiger partial charge >= 0.3 is 0 Å². The first kappa shape index (κ1) is 22.9. The monoisotopic (exact) mass is 471 g/mol. The minimum absolute atomic E-state index is 0.00260.